The van der Waals surface area contributed by atoms with Crippen LogP contribution in [0.15, 0.2) is 12.7 Å². The molecular weight excluding hydrogens is 152 g/mol. The van der Waals surface area contributed by atoms with E-state index in [1.807, 2.05) is 4.90 Å². The Morgan fingerprint density at radius 1 is 1.58 bits per heavy atom. The largest absolute Gasteiger partial charge is 0.338 e. The van der Waals surface area contributed by atoms with Gasteiger partial charge in [0.1, 0.15) is 0 Å². The lowest BCUT2D eigenvalue weighted by atomic mass is 10.2. The summed E-state index contributed by atoms with van der Waals surface area (Å²) in [5.74, 6) is 0.261. The number of hydrogen-bond acceptors (Lipinski definition) is 2. The van der Waals surface area contributed by atoms with Crippen LogP contribution < -0.4 is 5.32 Å². The van der Waals surface area contributed by atoms with Crippen LogP contribution in [0.1, 0.15) is 12.8 Å². The fourth-order valence-corrected chi connectivity index (χ4v) is 1.34. The second-order valence-corrected chi connectivity index (χ2v) is 2.98. The smallest absolute Gasteiger partial charge is 0.222 e. The van der Waals surface area contributed by atoms with Crippen LogP contribution >= 0.6 is 0 Å². The first-order valence-electron chi connectivity index (χ1n) is 4.44. The number of nitrogens with zero attached hydrogens (tertiary/aromatic N) is 1. The Morgan fingerprint density at radius 2 is 2.42 bits per heavy atom. The van der Waals surface area contributed by atoms with Gasteiger partial charge in [0.15, 0.2) is 0 Å². The molecule has 1 aliphatic rings. The Hall–Kier alpha value is -0.830. The molecule has 1 saturated heterocycles. The number of rotatable bonds is 2. The summed E-state index contributed by atoms with van der Waals surface area (Å²) in [6, 6.07) is 0. The fourth-order valence-electron chi connectivity index (χ4n) is 1.34. The molecule has 0 unspecified atom stereocenters. The van der Waals surface area contributed by atoms with Crippen molar-refractivity contribution < 1.29 is 4.79 Å². The maximum Gasteiger partial charge on any atom is 0.222 e. The van der Waals surface area contributed by atoms with Crippen molar-refractivity contribution in [2.45, 2.75) is 12.8 Å². The Kier molecular flexibility index (Phi) is 3.80. The molecule has 0 atom stereocenters. The highest BCUT2D eigenvalue weighted by Crippen LogP contribution is 1.99. The van der Waals surface area contributed by atoms with Gasteiger partial charge in [-0.3, -0.25) is 4.79 Å². The lowest BCUT2D eigenvalue weighted by Crippen LogP contribution is -2.39. The first-order valence-corrected chi connectivity index (χ1v) is 4.44. The Labute approximate surface area is 73.4 Å². The molecule has 0 saturated carbocycles. The molecule has 0 radical (unpaired) electrons. The zero-order valence-electron chi connectivity index (χ0n) is 7.38. The van der Waals surface area contributed by atoms with E-state index in [4.69, 9.17) is 0 Å². The molecule has 0 aromatic heterocycles. The molecule has 1 aliphatic heterocycles. The van der Waals surface area contributed by atoms with Crippen LogP contribution in [0.2, 0.25) is 0 Å². The normalized spacial score (nSPS) is 20.0. The number of nitrogens with one attached hydrogen (secondary N) is 1. The van der Waals surface area contributed by atoms with Gasteiger partial charge in [0.05, 0.1) is 0 Å². The Balaban J connectivity index is 2.42. The van der Waals surface area contributed by atoms with E-state index in [9.17, 15) is 4.79 Å². The fraction of sp³-hybridized carbons (Fsp3) is 0.667. The SMILES string of the molecule is C=CCN1CCNCCCC1=O. The van der Waals surface area contributed by atoms with Crippen molar-refractivity contribution in [3.63, 3.8) is 0 Å². The zero-order chi connectivity index (χ0) is 8.81. The van der Waals surface area contributed by atoms with E-state index >= 15 is 0 Å². The highest BCUT2D eigenvalue weighted by Gasteiger charge is 2.12. The number of carbonyl (C=O) groups excluding carboxylic acids is 1. The van der Waals surface area contributed by atoms with Crippen LogP contribution in [0.25, 0.3) is 0 Å². The van der Waals surface area contributed by atoms with Gasteiger partial charge in [0.25, 0.3) is 0 Å². The topological polar surface area (TPSA) is 32.3 Å². The van der Waals surface area contributed by atoms with Crippen LogP contribution in [-0.4, -0.2) is 37.0 Å². The van der Waals surface area contributed by atoms with Crippen molar-refractivity contribution in [1.82, 2.24) is 10.2 Å². The summed E-state index contributed by atoms with van der Waals surface area (Å²) in [6.45, 7) is 6.99. The maximum absolute atomic E-state index is 11.4. The maximum atomic E-state index is 11.4. The van der Waals surface area contributed by atoms with Gasteiger partial charge < -0.3 is 10.2 Å². The third kappa shape index (κ3) is 2.66. The Morgan fingerprint density at radius 3 is 3.17 bits per heavy atom. The minimum absolute atomic E-state index is 0.261. The molecule has 0 bridgehead atoms. The third-order valence-electron chi connectivity index (χ3n) is 2.00. The molecule has 3 heteroatoms. The van der Waals surface area contributed by atoms with E-state index in [2.05, 4.69) is 11.9 Å². The lowest BCUT2D eigenvalue weighted by Gasteiger charge is -2.23. The van der Waals surface area contributed by atoms with E-state index in [1.54, 1.807) is 6.08 Å². The van der Waals surface area contributed by atoms with Crippen molar-refractivity contribution in [2.75, 3.05) is 26.2 Å². The van der Waals surface area contributed by atoms with Crippen LogP contribution in [-0.2, 0) is 4.79 Å². The number of amides is 1. The van der Waals surface area contributed by atoms with Crippen molar-refractivity contribution in [1.29, 1.82) is 0 Å². The number of hydrogen-bond donors (Lipinski definition) is 1. The van der Waals surface area contributed by atoms with Crippen LogP contribution in [0.3, 0.4) is 0 Å². The average molecular weight is 168 g/mol. The minimum atomic E-state index is 0.261. The standard InChI is InChI=1S/C9H16N2O/c1-2-7-11-8-6-10-5-3-4-9(11)12/h2,10H,1,3-8H2. The van der Waals surface area contributed by atoms with Gasteiger partial charge in [-0.2, -0.15) is 0 Å². The molecule has 1 N–H and O–H groups in total. The molecule has 0 aliphatic carbocycles. The minimum Gasteiger partial charge on any atom is -0.338 e. The van der Waals surface area contributed by atoms with Crippen LogP contribution in [0.4, 0.5) is 0 Å². The molecule has 0 aromatic carbocycles. The monoisotopic (exact) mass is 168 g/mol. The quantitative estimate of drug-likeness (QED) is 0.605. The molecule has 3 nitrogen and oxygen atoms in total. The number of carbonyl (C=O) groups is 1. The van der Waals surface area contributed by atoms with E-state index < -0.39 is 0 Å². The van der Waals surface area contributed by atoms with Gasteiger partial charge in [0, 0.05) is 26.1 Å². The predicted molar refractivity (Wildman–Crippen MR) is 48.9 cm³/mol. The average Bonchev–Trinajstić information content (AvgIpc) is 2.05. The van der Waals surface area contributed by atoms with E-state index in [0.29, 0.717) is 13.0 Å². The van der Waals surface area contributed by atoms with Crippen LogP contribution in [0, 0.1) is 0 Å². The molecule has 1 heterocycles. The molecule has 0 spiro atoms. The second-order valence-electron chi connectivity index (χ2n) is 2.98. The summed E-state index contributed by atoms with van der Waals surface area (Å²) >= 11 is 0. The molecule has 1 fully saturated rings. The molecule has 68 valence electrons. The van der Waals surface area contributed by atoms with Gasteiger partial charge in [-0.05, 0) is 13.0 Å². The van der Waals surface area contributed by atoms with Gasteiger partial charge >= 0.3 is 0 Å². The second kappa shape index (κ2) is 4.93. The van der Waals surface area contributed by atoms with Gasteiger partial charge in [0.2, 0.25) is 5.91 Å². The molecule has 1 rings (SSSR count). The molecule has 0 aromatic rings. The van der Waals surface area contributed by atoms with Crippen molar-refractivity contribution in [3.05, 3.63) is 12.7 Å². The van der Waals surface area contributed by atoms with E-state index in [0.717, 1.165) is 26.1 Å². The van der Waals surface area contributed by atoms with Gasteiger partial charge in [-0.25, -0.2) is 0 Å². The lowest BCUT2D eigenvalue weighted by molar-refractivity contribution is -0.131. The first-order chi connectivity index (χ1) is 5.84. The molecular formula is C9H16N2O. The van der Waals surface area contributed by atoms with Crippen molar-refractivity contribution in [2.24, 2.45) is 0 Å². The molecule has 1 amide bonds. The van der Waals surface area contributed by atoms with Gasteiger partial charge in [-0.1, -0.05) is 6.08 Å². The summed E-state index contributed by atoms with van der Waals surface area (Å²) in [6.07, 6.45) is 3.40. The van der Waals surface area contributed by atoms with E-state index in [1.165, 1.54) is 0 Å². The summed E-state index contributed by atoms with van der Waals surface area (Å²) in [7, 11) is 0. The molecule has 12 heavy (non-hydrogen) atoms. The summed E-state index contributed by atoms with van der Waals surface area (Å²) in [5, 5.41) is 3.27. The highest BCUT2D eigenvalue weighted by molar-refractivity contribution is 5.76. The van der Waals surface area contributed by atoms with Crippen molar-refractivity contribution in [3.8, 4) is 0 Å². The van der Waals surface area contributed by atoms with E-state index in [-0.39, 0.29) is 5.91 Å². The van der Waals surface area contributed by atoms with Crippen molar-refractivity contribution >= 4 is 5.91 Å². The summed E-state index contributed by atoms with van der Waals surface area (Å²) < 4.78 is 0. The summed E-state index contributed by atoms with van der Waals surface area (Å²) in [5.41, 5.74) is 0. The first kappa shape index (κ1) is 9.26. The highest BCUT2D eigenvalue weighted by atomic mass is 16.2. The predicted octanol–water partition coefficient (Wildman–Crippen LogP) is 0.384. The Bertz CT molecular complexity index is 168. The summed E-state index contributed by atoms with van der Waals surface area (Å²) in [4.78, 5) is 13.3. The third-order valence-corrected chi connectivity index (χ3v) is 2.00. The van der Waals surface area contributed by atoms with Gasteiger partial charge in [-0.15, -0.1) is 6.58 Å². The van der Waals surface area contributed by atoms with Crippen LogP contribution in [0.5, 0.6) is 0 Å². The zero-order valence-corrected chi connectivity index (χ0v) is 7.38.